The van der Waals surface area contributed by atoms with Crippen LogP contribution in [0.3, 0.4) is 0 Å². The van der Waals surface area contributed by atoms with Crippen LogP contribution >= 0.6 is 0 Å². The Balaban J connectivity index is 2.04. The van der Waals surface area contributed by atoms with Crippen molar-refractivity contribution in [2.24, 2.45) is 4.99 Å². The van der Waals surface area contributed by atoms with E-state index in [0.29, 0.717) is 6.61 Å². The molecule has 2 heteroatoms. The second kappa shape index (κ2) is 7.23. The van der Waals surface area contributed by atoms with E-state index in [1.165, 1.54) is 5.56 Å². The summed E-state index contributed by atoms with van der Waals surface area (Å²) in [4.78, 5) is 4.43. The van der Waals surface area contributed by atoms with Gasteiger partial charge in [-0.25, -0.2) is 0 Å². The number of unbranched alkanes of at least 4 members (excludes halogenated alkanes) is 1. The number of rotatable bonds is 6. The van der Waals surface area contributed by atoms with Crippen LogP contribution in [-0.2, 0) is 11.3 Å². The Labute approximate surface area is 105 Å². The number of aliphatic imine (C=N–C) groups is 1. The summed E-state index contributed by atoms with van der Waals surface area (Å²) in [6.45, 7) is 7.82. The third kappa shape index (κ3) is 7.70. The molecule has 1 rings (SSSR count). The fraction of sp³-hybridized carbons (Fsp3) is 0.533. The van der Waals surface area contributed by atoms with Crippen molar-refractivity contribution in [3.8, 4) is 0 Å². The van der Waals surface area contributed by atoms with E-state index in [2.05, 4.69) is 37.9 Å². The molecule has 1 aromatic carbocycles. The molecule has 17 heavy (non-hydrogen) atoms. The molecule has 0 bridgehead atoms. The molecule has 0 atom stereocenters. The summed E-state index contributed by atoms with van der Waals surface area (Å²) in [5.74, 6) is 0. The van der Waals surface area contributed by atoms with E-state index in [0.717, 1.165) is 19.4 Å². The molecule has 0 aliphatic heterocycles. The number of nitrogens with zero attached hydrogens (tertiary/aromatic N) is 1. The Morgan fingerprint density at radius 3 is 2.53 bits per heavy atom. The third-order valence-electron chi connectivity index (χ3n) is 2.21. The van der Waals surface area contributed by atoms with Crippen LogP contribution in [0.5, 0.6) is 0 Å². The molecule has 1 aromatic rings. The van der Waals surface area contributed by atoms with Crippen LogP contribution in [0.2, 0.25) is 0 Å². The Bertz CT molecular complexity index is 325. The molecule has 0 unspecified atom stereocenters. The zero-order valence-corrected chi connectivity index (χ0v) is 11.1. The maximum atomic E-state index is 5.59. The molecule has 2 nitrogen and oxygen atoms in total. The van der Waals surface area contributed by atoms with E-state index in [1.807, 2.05) is 24.4 Å². The Kier molecular flexibility index (Phi) is 5.92. The summed E-state index contributed by atoms with van der Waals surface area (Å²) in [7, 11) is 0. The molecule has 0 radical (unpaired) electrons. The van der Waals surface area contributed by atoms with Gasteiger partial charge in [0.05, 0.1) is 12.1 Å². The minimum atomic E-state index is 0.0465. The van der Waals surface area contributed by atoms with Gasteiger partial charge in [-0.15, -0.1) is 0 Å². The van der Waals surface area contributed by atoms with Gasteiger partial charge in [0.2, 0.25) is 0 Å². The minimum Gasteiger partial charge on any atom is -0.377 e. The third-order valence-corrected chi connectivity index (χ3v) is 2.21. The predicted octanol–water partition coefficient (Wildman–Crippen LogP) is 3.85. The van der Waals surface area contributed by atoms with E-state index in [-0.39, 0.29) is 5.54 Å². The predicted molar refractivity (Wildman–Crippen MR) is 73.6 cm³/mol. The molecule has 0 N–H and O–H groups in total. The molecule has 0 saturated heterocycles. The van der Waals surface area contributed by atoms with E-state index >= 15 is 0 Å². The molecule has 0 aliphatic carbocycles. The van der Waals surface area contributed by atoms with Crippen molar-refractivity contribution in [3.63, 3.8) is 0 Å². The lowest BCUT2D eigenvalue weighted by atomic mass is 10.1. The van der Waals surface area contributed by atoms with E-state index < -0.39 is 0 Å². The Morgan fingerprint density at radius 1 is 1.18 bits per heavy atom. The highest BCUT2D eigenvalue weighted by atomic mass is 16.5. The van der Waals surface area contributed by atoms with Gasteiger partial charge in [-0.2, -0.15) is 0 Å². The molecule has 0 aliphatic rings. The highest BCUT2D eigenvalue weighted by Crippen LogP contribution is 2.05. The van der Waals surface area contributed by atoms with Crippen molar-refractivity contribution >= 4 is 6.21 Å². The zero-order valence-electron chi connectivity index (χ0n) is 11.1. The van der Waals surface area contributed by atoms with Crippen molar-refractivity contribution in [2.45, 2.75) is 45.8 Å². The maximum Gasteiger partial charge on any atom is 0.0716 e. The van der Waals surface area contributed by atoms with Gasteiger partial charge >= 0.3 is 0 Å². The Hall–Kier alpha value is -1.15. The van der Waals surface area contributed by atoms with Gasteiger partial charge in [0.1, 0.15) is 0 Å². The summed E-state index contributed by atoms with van der Waals surface area (Å²) >= 11 is 0. The smallest absolute Gasteiger partial charge is 0.0716 e. The molecule has 0 saturated carbocycles. The molecule has 0 fully saturated rings. The highest BCUT2D eigenvalue weighted by molar-refractivity contribution is 5.57. The second-order valence-corrected chi connectivity index (χ2v) is 5.16. The average Bonchev–Trinajstić information content (AvgIpc) is 2.28. The molecule has 0 amide bonds. The molecule has 0 heterocycles. The number of hydrogen-bond acceptors (Lipinski definition) is 2. The second-order valence-electron chi connectivity index (χ2n) is 5.16. The van der Waals surface area contributed by atoms with Crippen molar-refractivity contribution in [1.29, 1.82) is 0 Å². The van der Waals surface area contributed by atoms with Gasteiger partial charge in [0.15, 0.2) is 0 Å². The van der Waals surface area contributed by atoms with Crippen molar-refractivity contribution < 1.29 is 4.74 Å². The molecule has 0 spiro atoms. The van der Waals surface area contributed by atoms with Crippen LogP contribution in [0.1, 0.15) is 39.2 Å². The highest BCUT2D eigenvalue weighted by Gasteiger charge is 2.03. The van der Waals surface area contributed by atoms with Gasteiger partial charge in [-0.1, -0.05) is 30.3 Å². The van der Waals surface area contributed by atoms with Crippen LogP contribution in [-0.4, -0.2) is 18.4 Å². The van der Waals surface area contributed by atoms with Gasteiger partial charge in [0.25, 0.3) is 0 Å². The van der Waals surface area contributed by atoms with E-state index in [4.69, 9.17) is 4.74 Å². The summed E-state index contributed by atoms with van der Waals surface area (Å²) in [5, 5.41) is 0. The topological polar surface area (TPSA) is 21.6 Å². The molecule has 94 valence electrons. The van der Waals surface area contributed by atoms with Crippen LogP contribution in [0.4, 0.5) is 0 Å². The first-order chi connectivity index (χ1) is 8.08. The molecular formula is C15H23NO. The first-order valence-corrected chi connectivity index (χ1v) is 6.23. The number of ether oxygens (including phenoxy) is 1. The van der Waals surface area contributed by atoms with Crippen molar-refractivity contribution in [3.05, 3.63) is 35.9 Å². The van der Waals surface area contributed by atoms with Gasteiger partial charge in [-0.05, 0) is 45.4 Å². The van der Waals surface area contributed by atoms with Crippen LogP contribution in [0.15, 0.2) is 35.3 Å². The fourth-order valence-corrected chi connectivity index (χ4v) is 1.38. The van der Waals surface area contributed by atoms with Gasteiger partial charge < -0.3 is 4.74 Å². The lowest BCUT2D eigenvalue weighted by molar-refractivity contribution is 0.120. The van der Waals surface area contributed by atoms with Crippen molar-refractivity contribution in [1.82, 2.24) is 0 Å². The lowest BCUT2D eigenvalue weighted by Gasteiger charge is -2.10. The summed E-state index contributed by atoms with van der Waals surface area (Å²) < 4.78 is 5.59. The van der Waals surface area contributed by atoms with E-state index in [1.54, 1.807) is 0 Å². The standard InChI is InChI=1S/C15H23NO/c1-15(2,3)16-11-7-8-12-17-13-14-9-5-4-6-10-14/h4-6,9-11H,7-8,12-13H2,1-3H3. The first-order valence-electron chi connectivity index (χ1n) is 6.23. The molecular weight excluding hydrogens is 210 g/mol. The quantitative estimate of drug-likeness (QED) is 0.540. The van der Waals surface area contributed by atoms with Crippen molar-refractivity contribution in [2.75, 3.05) is 6.61 Å². The SMILES string of the molecule is CC(C)(C)N=CCCCOCc1ccccc1. The van der Waals surface area contributed by atoms with Gasteiger partial charge in [-0.3, -0.25) is 4.99 Å². The summed E-state index contributed by atoms with van der Waals surface area (Å²) in [5.41, 5.74) is 1.28. The van der Waals surface area contributed by atoms with Crippen LogP contribution in [0.25, 0.3) is 0 Å². The first kappa shape index (κ1) is 13.9. The monoisotopic (exact) mass is 233 g/mol. The van der Waals surface area contributed by atoms with Crippen LogP contribution in [0, 0.1) is 0 Å². The summed E-state index contributed by atoms with van der Waals surface area (Å²) in [6.07, 6.45) is 4.03. The number of hydrogen-bond donors (Lipinski definition) is 0. The summed E-state index contributed by atoms with van der Waals surface area (Å²) in [6, 6.07) is 10.3. The largest absolute Gasteiger partial charge is 0.377 e. The van der Waals surface area contributed by atoms with Gasteiger partial charge in [0, 0.05) is 6.61 Å². The molecule has 0 aromatic heterocycles. The lowest BCUT2D eigenvalue weighted by Crippen LogP contribution is -2.09. The minimum absolute atomic E-state index is 0.0465. The Morgan fingerprint density at radius 2 is 1.88 bits per heavy atom. The maximum absolute atomic E-state index is 5.59. The number of benzene rings is 1. The van der Waals surface area contributed by atoms with E-state index in [9.17, 15) is 0 Å². The average molecular weight is 233 g/mol. The zero-order chi connectivity index (χ0) is 12.6. The fourth-order valence-electron chi connectivity index (χ4n) is 1.38. The normalized spacial score (nSPS) is 12.2. The van der Waals surface area contributed by atoms with Crippen LogP contribution < -0.4 is 0 Å².